The smallest absolute Gasteiger partial charge is 0.252 e. The van der Waals surface area contributed by atoms with Crippen molar-refractivity contribution >= 4 is 39.9 Å². The number of rotatable bonds is 9. The van der Waals surface area contributed by atoms with Crippen molar-refractivity contribution in [2.24, 2.45) is 0 Å². The highest BCUT2D eigenvalue weighted by atomic mass is 35.5. The van der Waals surface area contributed by atoms with Gasteiger partial charge in [-0.2, -0.15) is 0 Å². The first-order valence-electron chi connectivity index (χ1n) is 12.2. The lowest BCUT2D eigenvalue weighted by atomic mass is 9.99. The molecular formula is C30H26ClN5O. The summed E-state index contributed by atoms with van der Waals surface area (Å²) in [6.45, 7) is 0.614. The maximum Gasteiger partial charge on any atom is 0.252 e. The van der Waals surface area contributed by atoms with Crippen molar-refractivity contribution in [3.8, 4) is 11.1 Å². The van der Waals surface area contributed by atoms with Crippen molar-refractivity contribution in [2.75, 3.05) is 11.9 Å². The van der Waals surface area contributed by atoms with E-state index in [1.165, 1.54) is 11.8 Å². The van der Waals surface area contributed by atoms with Gasteiger partial charge in [0.1, 0.15) is 17.3 Å². The van der Waals surface area contributed by atoms with Crippen LogP contribution in [0.5, 0.6) is 0 Å². The number of hydrogen-bond donors (Lipinski definition) is 2. The van der Waals surface area contributed by atoms with Gasteiger partial charge in [-0.1, -0.05) is 60.1 Å². The number of halogens is 1. The number of carbonyl (C=O) groups is 1. The van der Waals surface area contributed by atoms with Gasteiger partial charge in [-0.3, -0.25) is 4.79 Å². The summed E-state index contributed by atoms with van der Waals surface area (Å²) in [6, 6.07) is 28.2. The van der Waals surface area contributed by atoms with E-state index in [0.29, 0.717) is 17.3 Å². The second-order valence-electron chi connectivity index (χ2n) is 8.73. The Morgan fingerprint density at radius 1 is 0.811 bits per heavy atom. The van der Waals surface area contributed by atoms with E-state index in [0.717, 1.165) is 52.8 Å². The molecule has 184 valence electrons. The number of para-hydroxylation sites is 1. The summed E-state index contributed by atoms with van der Waals surface area (Å²) in [6.07, 6.45) is 5.87. The molecule has 0 saturated heterocycles. The molecule has 0 atom stereocenters. The molecular weight excluding hydrogens is 482 g/mol. The summed E-state index contributed by atoms with van der Waals surface area (Å²) >= 11 is 5.78. The van der Waals surface area contributed by atoms with Crippen LogP contribution in [0.1, 0.15) is 28.8 Å². The zero-order valence-electron chi connectivity index (χ0n) is 20.2. The number of nitrogens with one attached hydrogen (secondary N) is 2. The van der Waals surface area contributed by atoms with Crippen molar-refractivity contribution in [3.63, 3.8) is 0 Å². The Morgan fingerprint density at radius 2 is 1.68 bits per heavy atom. The van der Waals surface area contributed by atoms with Crippen LogP contribution in [0.3, 0.4) is 0 Å². The summed E-state index contributed by atoms with van der Waals surface area (Å²) in [5.41, 5.74) is 5.92. The minimum atomic E-state index is -0.132. The summed E-state index contributed by atoms with van der Waals surface area (Å²) in [5.74, 6) is 0.651. The minimum absolute atomic E-state index is 0.132. The Kier molecular flexibility index (Phi) is 7.67. The zero-order valence-corrected chi connectivity index (χ0v) is 20.9. The molecule has 0 unspecified atom stereocenters. The monoisotopic (exact) mass is 507 g/mol. The molecule has 3 aromatic carbocycles. The number of anilines is 2. The first kappa shape index (κ1) is 24.4. The quantitative estimate of drug-likeness (QED) is 0.168. The molecule has 5 rings (SSSR count). The SMILES string of the molecule is O=C(NCCCCc1cccc(-c2ccc3ncnc(Nc4ccccc4)c3c2)c1)c1ccc(Cl)nc1. The predicted octanol–water partition coefficient (Wildman–Crippen LogP) is 6.84. The number of nitrogens with zero attached hydrogens (tertiary/aromatic N) is 3. The van der Waals surface area contributed by atoms with Crippen molar-refractivity contribution in [3.05, 3.63) is 114 Å². The van der Waals surface area contributed by atoms with Gasteiger partial charge >= 0.3 is 0 Å². The van der Waals surface area contributed by atoms with Gasteiger partial charge in [0.25, 0.3) is 5.91 Å². The van der Waals surface area contributed by atoms with Crippen molar-refractivity contribution in [1.29, 1.82) is 0 Å². The average Bonchev–Trinajstić information content (AvgIpc) is 2.94. The molecule has 2 N–H and O–H groups in total. The molecule has 0 aliphatic carbocycles. The maximum absolute atomic E-state index is 12.2. The molecule has 2 heterocycles. The zero-order chi connectivity index (χ0) is 25.5. The number of aromatic nitrogens is 3. The van der Waals surface area contributed by atoms with Crippen LogP contribution in [0.2, 0.25) is 5.15 Å². The molecule has 0 radical (unpaired) electrons. The fourth-order valence-corrected chi connectivity index (χ4v) is 4.28. The van der Waals surface area contributed by atoms with E-state index in [-0.39, 0.29) is 5.91 Å². The summed E-state index contributed by atoms with van der Waals surface area (Å²) in [7, 11) is 0. The van der Waals surface area contributed by atoms with Crippen molar-refractivity contribution < 1.29 is 4.79 Å². The molecule has 0 spiro atoms. The molecule has 1 amide bonds. The number of aryl methyl sites for hydroxylation is 1. The number of amides is 1. The molecule has 6 nitrogen and oxygen atoms in total. The Balaban J connectivity index is 1.22. The molecule has 2 aromatic heterocycles. The molecule has 0 saturated carbocycles. The number of hydrogen-bond acceptors (Lipinski definition) is 5. The molecule has 0 aliphatic heterocycles. The van der Waals surface area contributed by atoms with E-state index in [1.807, 2.05) is 36.4 Å². The topological polar surface area (TPSA) is 79.8 Å². The Hall–Kier alpha value is -4.29. The lowest BCUT2D eigenvalue weighted by Gasteiger charge is -2.11. The van der Waals surface area contributed by atoms with Gasteiger partial charge in [0.2, 0.25) is 0 Å². The first-order valence-corrected chi connectivity index (χ1v) is 12.6. The third-order valence-corrected chi connectivity index (χ3v) is 6.32. The van der Waals surface area contributed by atoms with Crippen LogP contribution in [-0.4, -0.2) is 27.4 Å². The average molecular weight is 508 g/mol. The van der Waals surface area contributed by atoms with E-state index in [2.05, 4.69) is 62.0 Å². The van der Waals surface area contributed by atoms with Gasteiger partial charge in [0, 0.05) is 23.8 Å². The molecule has 0 aliphatic rings. The van der Waals surface area contributed by atoms with Gasteiger partial charge < -0.3 is 10.6 Å². The van der Waals surface area contributed by atoms with E-state index in [4.69, 9.17) is 11.6 Å². The van der Waals surface area contributed by atoms with Gasteiger partial charge in [-0.05, 0) is 72.4 Å². The van der Waals surface area contributed by atoms with Crippen LogP contribution in [0.4, 0.5) is 11.5 Å². The van der Waals surface area contributed by atoms with Crippen molar-refractivity contribution in [2.45, 2.75) is 19.3 Å². The van der Waals surface area contributed by atoms with Gasteiger partial charge in [0.05, 0.1) is 11.1 Å². The molecule has 7 heteroatoms. The highest BCUT2D eigenvalue weighted by Gasteiger charge is 2.08. The standard InChI is InChI=1S/C30H26ClN5O/c31-28-15-13-24(19-33-28)30(37)32-16-5-4-7-21-8-6-9-22(17-21)23-12-14-27-26(18-23)29(35-20-34-27)36-25-10-2-1-3-11-25/h1-3,6,8-15,17-20H,4-5,7,16H2,(H,32,37)(H,34,35,36). The maximum atomic E-state index is 12.2. The van der Waals surface area contributed by atoms with Crippen LogP contribution in [-0.2, 0) is 6.42 Å². The van der Waals surface area contributed by atoms with Crippen LogP contribution in [0, 0.1) is 0 Å². The van der Waals surface area contributed by atoms with Gasteiger partial charge in [-0.25, -0.2) is 15.0 Å². The van der Waals surface area contributed by atoms with Crippen LogP contribution >= 0.6 is 11.6 Å². The fraction of sp³-hybridized carbons (Fsp3) is 0.133. The van der Waals surface area contributed by atoms with E-state index >= 15 is 0 Å². The van der Waals surface area contributed by atoms with Crippen LogP contribution in [0.15, 0.2) is 97.5 Å². The van der Waals surface area contributed by atoms with Crippen LogP contribution < -0.4 is 10.6 Å². The Bertz CT molecular complexity index is 1510. The largest absolute Gasteiger partial charge is 0.352 e. The third kappa shape index (κ3) is 6.29. The highest BCUT2D eigenvalue weighted by Crippen LogP contribution is 2.29. The Morgan fingerprint density at radius 3 is 2.51 bits per heavy atom. The van der Waals surface area contributed by atoms with E-state index in [1.54, 1.807) is 18.5 Å². The van der Waals surface area contributed by atoms with Crippen LogP contribution in [0.25, 0.3) is 22.0 Å². The molecule has 0 bridgehead atoms. The molecule has 5 aromatic rings. The lowest BCUT2D eigenvalue weighted by Crippen LogP contribution is -2.24. The lowest BCUT2D eigenvalue weighted by molar-refractivity contribution is 0.0952. The molecule has 37 heavy (non-hydrogen) atoms. The highest BCUT2D eigenvalue weighted by molar-refractivity contribution is 6.29. The summed E-state index contributed by atoms with van der Waals surface area (Å²) < 4.78 is 0. The predicted molar refractivity (Wildman–Crippen MR) is 149 cm³/mol. The second-order valence-corrected chi connectivity index (χ2v) is 9.12. The minimum Gasteiger partial charge on any atom is -0.352 e. The number of benzene rings is 3. The number of carbonyl (C=O) groups excluding carboxylic acids is 1. The second kappa shape index (κ2) is 11.6. The fourth-order valence-electron chi connectivity index (χ4n) is 4.17. The summed E-state index contributed by atoms with van der Waals surface area (Å²) in [5, 5.41) is 7.70. The molecule has 0 fully saturated rings. The normalized spacial score (nSPS) is 10.8. The van der Waals surface area contributed by atoms with Crippen molar-refractivity contribution in [1.82, 2.24) is 20.3 Å². The Labute approximate surface area is 220 Å². The van der Waals surface area contributed by atoms with E-state index < -0.39 is 0 Å². The number of fused-ring (bicyclic) bond motifs is 1. The van der Waals surface area contributed by atoms with E-state index in [9.17, 15) is 4.79 Å². The number of unbranched alkanes of at least 4 members (excludes halogenated alkanes) is 1. The van der Waals surface area contributed by atoms with Gasteiger partial charge in [0.15, 0.2) is 0 Å². The third-order valence-electron chi connectivity index (χ3n) is 6.10. The number of pyridine rings is 1. The first-order chi connectivity index (χ1) is 18.2. The van der Waals surface area contributed by atoms with Gasteiger partial charge in [-0.15, -0.1) is 0 Å². The summed E-state index contributed by atoms with van der Waals surface area (Å²) in [4.78, 5) is 25.1.